The van der Waals surface area contributed by atoms with E-state index in [9.17, 15) is 9.59 Å². The standard InChI is InChI=1S/C19H25N3O2/c1-14-17(15-8-3-4-9-16(15)21-14)18(23)19(24)20-10-7-13-22-11-5-2-6-12-22/h3-4,8-9,21H,2,5-7,10-13H2,1H3,(H,20,24). The maximum Gasteiger partial charge on any atom is 0.292 e. The van der Waals surface area contributed by atoms with E-state index in [1.165, 1.54) is 19.3 Å². The number of hydrogen-bond donors (Lipinski definition) is 2. The van der Waals surface area contributed by atoms with Gasteiger partial charge in [-0.3, -0.25) is 9.59 Å². The molecule has 3 rings (SSSR count). The summed E-state index contributed by atoms with van der Waals surface area (Å²) in [4.78, 5) is 30.3. The molecule has 1 aliphatic rings. The summed E-state index contributed by atoms with van der Waals surface area (Å²) < 4.78 is 0. The van der Waals surface area contributed by atoms with Crippen molar-refractivity contribution in [2.24, 2.45) is 0 Å². The summed E-state index contributed by atoms with van der Waals surface area (Å²) in [5.41, 5.74) is 2.11. The van der Waals surface area contributed by atoms with Gasteiger partial charge in [-0.05, 0) is 51.9 Å². The average Bonchev–Trinajstić information content (AvgIpc) is 2.94. The highest BCUT2D eigenvalue weighted by molar-refractivity contribution is 6.45. The number of aromatic nitrogens is 1. The molecule has 0 saturated carbocycles. The molecular formula is C19H25N3O2. The Labute approximate surface area is 142 Å². The van der Waals surface area contributed by atoms with Crippen LogP contribution in [0.15, 0.2) is 24.3 Å². The molecule has 0 bridgehead atoms. The Hall–Kier alpha value is -2.14. The molecule has 1 amide bonds. The first-order valence-corrected chi connectivity index (χ1v) is 8.79. The second kappa shape index (κ2) is 7.62. The number of piperidine rings is 1. The second-order valence-corrected chi connectivity index (χ2v) is 6.51. The van der Waals surface area contributed by atoms with Crippen LogP contribution in [-0.4, -0.2) is 47.8 Å². The highest BCUT2D eigenvalue weighted by Gasteiger charge is 2.22. The van der Waals surface area contributed by atoms with Crippen molar-refractivity contribution in [1.29, 1.82) is 0 Å². The molecule has 5 heteroatoms. The summed E-state index contributed by atoms with van der Waals surface area (Å²) in [6, 6.07) is 7.57. The number of fused-ring (bicyclic) bond motifs is 1. The summed E-state index contributed by atoms with van der Waals surface area (Å²) in [6.07, 6.45) is 4.74. The van der Waals surface area contributed by atoms with Crippen LogP contribution >= 0.6 is 0 Å². The van der Waals surface area contributed by atoms with Crippen LogP contribution < -0.4 is 5.32 Å². The molecule has 0 radical (unpaired) electrons. The topological polar surface area (TPSA) is 65.2 Å². The Morgan fingerprint density at radius 2 is 1.92 bits per heavy atom. The molecule has 0 aliphatic carbocycles. The lowest BCUT2D eigenvalue weighted by molar-refractivity contribution is -0.117. The summed E-state index contributed by atoms with van der Waals surface area (Å²) in [7, 11) is 0. The predicted octanol–water partition coefficient (Wildman–Crippen LogP) is 2.65. The Morgan fingerprint density at radius 1 is 1.17 bits per heavy atom. The van der Waals surface area contributed by atoms with E-state index in [4.69, 9.17) is 0 Å². The summed E-state index contributed by atoms with van der Waals surface area (Å²) in [5, 5.41) is 3.58. The normalized spacial score (nSPS) is 15.5. The Bertz CT molecular complexity index is 729. The summed E-state index contributed by atoms with van der Waals surface area (Å²) in [5.74, 6) is -0.968. The number of nitrogens with zero attached hydrogens (tertiary/aromatic N) is 1. The van der Waals surface area contributed by atoms with E-state index in [-0.39, 0.29) is 0 Å². The Balaban J connectivity index is 1.54. The number of H-pyrrole nitrogens is 1. The lowest BCUT2D eigenvalue weighted by Gasteiger charge is -2.26. The fraction of sp³-hybridized carbons (Fsp3) is 0.474. The number of likely N-dealkylation sites (tertiary alicyclic amines) is 1. The third-order valence-electron chi connectivity index (χ3n) is 4.71. The highest BCUT2D eigenvalue weighted by Crippen LogP contribution is 2.22. The van der Waals surface area contributed by atoms with Gasteiger partial charge in [0, 0.05) is 23.1 Å². The molecule has 0 unspecified atom stereocenters. The zero-order chi connectivity index (χ0) is 16.9. The summed E-state index contributed by atoms with van der Waals surface area (Å²) >= 11 is 0. The fourth-order valence-corrected chi connectivity index (χ4v) is 3.45. The van der Waals surface area contributed by atoms with Gasteiger partial charge < -0.3 is 15.2 Å². The quantitative estimate of drug-likeness (QED) is 0.487. The molecule has 2 N–H and O–H groups in total. The van der Waals surface area contributed by atoms with Crippen molar-refractivity contribution in [2.45, 2.75) is 32.6 Å². The first-order chi connectivity index (χ1) is 11.7. The van der Waals surface area contributed by atoms with Gasteiger partial charge in [-0.15, -0.1) is 0 Å². The number of ketones is 1. The predicted molar refractivity (Wildman–Crippen MR) is 95.3 cm³/mol. The maximum absolute atomic E-state index is 12.5. The average molecular weight is 327 g/mol. The van der Waals surface area contributed by atoms with Crippen molar-refractivity contribution >= 4 is 22.6 Å². The van der Waals surface area contributed by atoms with E-state index in [2.05, 4.69) is 15.2 Å². The molecule has 1 aromatic carbocycles. The molecule has 1 aromatic heterocycles. The minimum atomic E-state index is -0.513. The van der Waals surface area contributed by atoms with Crippen LogP contribution in [0, 0.1) is 6.92 Å². The van der Waals surface area contributed by atoms with Crippen LogP contribution in [-0.2, 0) is 4.79 Å². The van der Waals surface area contributed by atoms with Gasteiger partial charge in [0.25, 0.3) is 11.7 Å². The molecule has 128 valence electrons. The van der Waals surface area contributed by atoms with Gasteiger partial charge in [0.2, 0.25) is 0 Å². The van der Waals surface area contributed by atoms with Gasteiger partial charge in [-0.1, -0.05) is 24.6 Å². The number of nitrogens with one attached hydrogen (secondary N) is 2. The van der Waals surface area contributed by atoms with Gasteiger partial charge in [0.15, 0.2) is 0 Å². The van der Waals surface area contributed by atoms with E-state index in [1.54, 1.807) is 0 Å². The van der Waals surface area contributed by atoms with Crippen LogP contribution in [0.3, 0.4) is 0 Å². The number of Topliss-reactive ketones (excluding diaryl/α,β-unsaturated/α-hetero) is 1. The monoisotopic (exact) mass is 327 g/mol. The number of carbonyl (C=O) groups excluding carboxylic acids is 2. The fourth-order valence-electron chi connectivity index (χ4n) is 3.45. The number of aryl methyl sites for hydroxylation is 1. The first kappa shape index (κ1) is 16.7. The van der Waals surface area contributed by atoms with Crippen molar-refractivity contribution in [3.05, 3.63) is 35.5 Å². The van der Waals surface area contributed by atoms with Gasteiger partial charge >= 0.3 is 0 Å². The van der Waals surface area contributed by atoms with E-state index >= 15 is 0 Å². The number of amides is 1. The van der Waals surface area contributed by atoms with Gasteiger partial charge in [-0.2, -0.15) is 0 Å². The zero-order valence-corrected chi connectivity index (χ0v) is 14.2. The number of hydrogen-bond acceptors (Lipinski definition) is 3. The molecule has 2 aromatic rings. The number of benzene rings is 1. The lowest BCUT2D eigenvalue weighted by atomic mass is 10.1. The third kappa shape index (κ3) is 3.67. The molecule has 1 saturated heterocycles. The van der Waals surface area contributed by atoms with Crippen molar-refractivity contribution in [3.63, 3.8) is 0 Å². The molecule has 5 nitrogen and oxygen atoms in total. The van der Waals surface area contributed by atoms with Crippen LogP contribution in [0.2, 0.25) is 0 Å². The minimum Gasteiger partial charge on any atom is -0.358 e. The molecule has 0 atom stereocenters. The maximum atomic E-state index is 12.5. The molecule has 2 heterocycles. The Kier molecular flexibility index (Phi) is 5.30. The van der Waals surface area contributed by atoms with Crippen molar-refractivity contribution < 1.29 is 9.59 Å². The SMILES string of the molecule is Cc1[nH]c2ccccc2c1C(=O)C(=O)NCCCN1CCCCC1. The van der Waals surface area contributed by atoms with Crippen LogP contribution in [0.4, 0.5) is 0 Å². The van der Waals surface area contributed by atoms with E-state index in [0.29, 0.717) is 12.1 Å². The van der Waals surface area contributed by atoms with Crippen molar-refractivity contribution in [1.82, 2.24) is 15.2 Å². The van der Waals surface area contributed by atoms with Gasteiger partial charge in [0.05, 0.1) is 5.56 Å². The first-order valence-electron chi connectivity index (χ1n) is 8.79. The van der Waals surface area contributed by atoms with Gasteiger partial charge in [-0.25, -0.2) is 0 Å². The van der Waals surface area contributed by atoms with Crippen molar-refractivity contribution in [3.8, 4) is 0 Å². The van der Waals surface area contributed by atoms with E-state index in [0.717, 1.165) is 42.7 Å². The molecule has 0 spiro atoms. The smallest absolute Gasteiger partial charge is 0.292 e. The second-order valence-electron chi connectivity index (χ2n) is 6.51. The lowest BCUT2D eigenvalue weighted by Crippen LogP contribution is -2.35. The zero-order valence-electron chi connectivity index (χ0n) is 14.2. The van der Waals surface area contributed by atoms with E-state index < -0.39 is 11.7 Å². The number of para-hydroxylation sites is 1. The number of aromatic amines is 1. The van der Waals surface area contributed by atoms with Crippen LogP contribution in [0.25, 0.3) is 10.9 Å². The molecule has 24 heavy (non-hydrogen) atoms. The highest BCUT2D eigenvalue weighted by atomic mass is 16.2. The largest absolute Gasteiger partial charge is 0.358 e. The number of rotatable bonds is 6. The Morgan fingerprint density at radius 3 is 2.71 bits per heavy atom. The van der Waals surface area contributed by atoms with E-state index in [1.807, 2.05) is 31.2 Å². The summed E-state index contributed by atoms with van der Waals surface area (Å²) in [6.45, 7) is 5.67. The van der Waals surface area contributed by atoms with Gasteiger partial charge in [0.1, 0.15) is 0 Å². The molecule has 1 fully saturated rings. The van der Waals surface area contributed by atoms with Crippen LogP contribution in [0.5, 0.6) is 0 Å². The minimum absolute atomic E-state index is 0.456. The number of carbonyl (C=O) groups is 2. The molecule has 1 aliphatic heterocycles. The van der Waals surface area contributed by atoms with Crippen molar-refractivity contribution in [2.75, 3.05) is 26.2 Å². The van der Waals surface area contributed by atoms with Crippen LogP contribution in [0.1, 0.15) is 41.7 Å². The molecular weight excluding hydrogens is 302 g/mol. The third-order valence-corrected chi connectivity index (χ3v) is 4.71.